The van der Waals surface area contributed by atoms with Crippen LogP contribution in [0.1, 0.15) is 5.56 Å². The molecule has 0 unspecified atom stereocenters. The van der Waals surface area contributed by atoms with Gasteiger partial charge < -0.3 is 15.0 Å². The maximum absolute atomic E-state index is 6.11. The predicted octanol–water partition coefficient (Wildman–Crippen LogP) is 4.44. The standard InChI is InChI=1S/C16H15ClN2O/c1-20-16-7-6-12(8-14(16)17)18-9-11-10-19-15-5-3-2-4-13(11)15/h2-8,10,18-19H,9H2,1H3. The fourth-order valence-electron chi connectivity index (χ4n) is 2.25. The van der Waals surface area contributed by atoms with Gasteiger partial charge in [0, 0.05) is 29.3 Å². The Hall–Kier alpha value is -2.13. The van der Waals surface area contributed by atoms with Crippen molar-refractivity contribution < 1.29 is 4.74 Å². The van der Waals surface area contributed by atoms with Crippen molar-refractivity contribution in [2.45, 2.75) is 6.54 Å². The second-order valence-electron chi connectivity index (χ2n) is 4.56. The van der Waals surface area contributed by atoms with E-state index in [9.17, 15) is 0 Å². The van der Waals surface area contributed by atoms with E-state index in [0.29, 0.717) is 10.8 Å². The summed E-state index contributed by atoms with van der Waals surface area (Å²) in [5.74, 6) is 0.685. The lowest BCUT2D eigenvalue weighted by Gasteiger charge is -2.08. The van der Waals surface area contributed by atoms with Crippen molar-refractivity contribution in [3.63, 3.8) is 0 Å². The van der Waals surface area contributed by atoms with Crippen molar-refractivity contribution in [3.8, 4) is 5.75 Å². The SMILES string of the molecule is COc1ccc(NCc2c[nH]c3ccccc23)cc1Cl. The largest absolute Gasteiger partial charge is 0.495 e. The highest BCUT2D eigenvalue weighted by Crippen LogP contribution is 2.27. The summed E-state index contributed by atoms with van der Waals surface area (Å²) >= 11 is 6.11. The molecule has 1 heterocycles. The summed E-state index contributed by atoms with van der Waals surface area (Å²) < 4.78 is 5.14. The molecule has 3 rings (SSSR count). The number of benzene rings is 2. The number of methoxy groups -OCH3 is 1. The normalized spacial score (nSPS) is 10.7. The van der Waals surface area contributed by atoms with Crippen LogP contribution in [-0.2, 0) is 6.54 Å². The Labute approximate surface area is 122 Å². The van der Waals surface area contributed by atoms with E-state index in [1.807, 2.05) is 36.5 Å². The van der Waals surface area contributed by atoms with Crippen LogP contribution < -0.4 is 10.1 Å². The first kappa shape index (κ1) is 12.9. The zero-order valence-electron chi connectivity index (χ0n) is 11.1. The molecule has 2 N–H and O–H groups in total. The summed E-state index contributed by atoms with van der Waals surface area (Å²) in [4.78, 5) is 3.27. The maximum atomic E-state index is 6.11. The Balaban J connectivity index is 1.78. The van der Waals surface area contributed by atoms with Crippen LogP contribution in [0.15, 0.2) is 48.7 Å². The van der Waals surface area contributed by atoms with Crippen LogP contribution in [0.2, 0.25) is 5.02 Å². The number of hydrogen-bond donors (Lipinski definition) is 2. The smallest absolute Gasteiger partial charge is 0.137 e. The number of H-pyrrole nitrogens is 1. The van der Waals surface area contributed by atoms with E-state index in [1.165, 1.54) is 10.9 Å². The fraction of sp³-hybridized carbons (Fsp3) is 0.125. The van der Waals surface area contributed by atoms with Crippen LogP contribution in [0.25, 0.3) is 10.9 Å². The number of nitrogens with one attached hydrogen (secondary N) is 2. The van der Waals surface area contributed by atoms with Crippen molar-refractivity contribution >= 4 is 28.2 Å². The Morgan fingerprint density at radius 1 is 1.20 bits per heavy atom. The average molecular weight is 287 g/mol. The summed E-state index contributed by atoms with van der Waals surface area (Å²) in [5, 5.41) is 5.21. The molecule has 3 nitrogen and oxygen atoms in total. The average Bonchev–Trinajstić information content (AvgIpc) is 2.88. The molecule has 1 aromatic heterocycles. The summed E-state index contributed by atoms with van der Waals surface area (Å²) in [5.41, 5.74) is 3.35. The van der Waals surface area contributed by atoms with Gasteiger partial charge in [-0.25, -0.2) is 0 Å². The molecular formula is C16H15ClN2O. The van der Waals surface area contributed by atoms with Gasteiger partial charge >= 0.3 is 0 Å². The molecule has 0 saturated heterocycles. The highest BCUT2D eigenvalue weighted by atomic mass is 35.5. The highest BCUT2D eigenvalue weighted by Gasteiger charge is 2.04. The van der Waals surface area contributed by atoms with Gasteiger partial charge in [-0.3, -0.25) is 0 Å². The van der Waals surface area contributed by atoms with Gasteiger partial charge in [0.25, 0.3) is 0 Å². The highest BCUT2D eigenvalue weighted by molar-refractivity contribution is 6.32. The van der Waals surface area contributed by atoms with Crippen LogP contribution >= 0.6 is 11.6 Å². The number of aromatic nitrogens is 1. The van der Waals surface area contributed by atoms with Crippen LogP contribution in [0.4, 0.5) is 5.69 Å². The molecule has 102 valence electrons. The van der Waals surface area contributed by atoms with Gasteiger partial charge in [-0.2, -0.15) is 0 Å². The lowest BCUT2D eigenvalue weighted by Crippen LogP contribution is -1.98. The van der Waals surface area contributed by atoms with Gasteiger partial charge in [0.1, 0.15) is 5.75 Å². The van der Waals surface area contributed by atoms with E-state index in [4.69, 9.17) is 16.3 Å². The second-order valence-corrected chi connectivity index (χ2v) is 4.97. The van der Waals surface area contributed by atoms with Gasteiger partial charge in [0.2, 0.25) is 0 Å². The number of halogens is 1. The first-order valence-corrected chi connectivity index (χ1v) is 6.78. The van der Waals surface area contributed by atoms with E-state index in [2.05, 4.69) is 22.4 Å². The molecule has 0 fully saturated rings. The van der Waals surface area contributed by atoms with Gasteiger partial charge in [-0.1, -0.05) is 29.8 Å². The molecule has 2 aromatic carbocycles. The zero-order chi connectivity index (χ0) is 13.9. The van der Waals surface area contributed by atoms with Crippen molar-refractivity contribution in [1.82, 2.24) is 4.98 Å². The van der Waals surface area contributed by atoms with Crippen molar-refractivity contribution in [2.24, 2.45) is 0 Å². The Bertz CT molecular complexity index is 736. The van der Waals surface area contributed by atoms with E-state index in [-0.39, 0.29) is 0 Å². The maximum Gasteiger partial charge on any atom is 0.137 e. The topological polar surface area (TPSA) is 37.0 Å². The quantitative estimate of drug-likeness (QED) is 0.744. The molecule has 0 aliphatic rings. The molecule has 4 heteroatoms. The summed E-state index contributed by atoms with van der Waals surface area (Å²) in [6, 6.07) is 13.9. The third-order valence-corrected chi connectivity index (χ3v) is 3.61. The Kier molecular flexibility index (Phi) is 3.52. The van der Waals surface area contributed by atoms with Gasteiger partial charge in [-0.15, -0.1) is 0 Å². The van der Waals surface area contributed by atoms with Crippen LogP contribution in [0.3, 0.4) is 0 Å². The minimum Gasteiger partial charge on any atom is -0.495 e. The molecule has 0 atom stereocenters. The Morgan fingerprint density at radius 3 is 2.85 bits per heavy atom. The molecular weight excluding hydrogens is 272 g/mol. The first-order valence-electron chi connectivity index (χ1n) is 6.40. The zero-order valence-corrected chi connectivity index (χ0v) is 11.9. The monoisotopic (exact) mass is 286 g/mol. The third kappa shape index (κ3) is 2.45. The number of ether oxygens (including phenoxy) is 1. The third-order valence-electron chi connectivity index (χ3n) is 3.31. The number of fused-ring (bicyclic) bond motifs is 1. The number of hydrogen-bond acceptors (Lipinski definition) is 2. The van der Waals surface area contributed by atoms with E-state index in [0.717, 1.165) is 17.7 Å². The molecule has 0 saturated carbocycles. The van der Waals surface area contributed by atoms with Crippen LogP contribution in [0, 0.1) is 0 Å². The number of aromatic amines is 1. The molecule has 0 amide bonds. The van der Waals surface area contributed by atoms with Crippen LogP contribution in [0.5, 0.6) is 5.75 Å². The minimum atomic E-state index is 0.608. The van der Waals surface area contributed by atoms with Crippen molar-refractivity contribution in [3.05, 3.63) is 59.2 Å². The van der Waals surface area contributed by atoms with Gasteiger partial charge in [0.15, 0.2) is 0 Å². The number of para-hydroxylation sites is 1. The summed E-state index contributed by atoms with van der Waals surface area (Å²) in [6.45, 7) is 0.743. The molecule has 3 aromatic rings. The number of rotatable bonds is 4. The van der Waals surface area contributed by atoms with E-state index in [1.54, 1.807) is 7.11 Å². The molecule has 0 aliphatic carbocycles. The molecule has 0 bridgehead atoms. The fourth-order valence-corrected chi connectivity index (χ4v) is 2.51. The second kappa shape index (κ2) is 5.47. The molecule has 0 radical (unpaired) electrons. The van der Waals surface area contributed by atoms with Crippen LogP contribution in [-0.4, -0.2) is 12.1 Å². The predicted molar refractivity (Wildman–Crippen MR) is 83.6 cm³/mol. The minimum absolute atomic E-state index is 0.608. The molecule has 0 aliphatic heterocycles. The van der Waals surface area contributed by atoms with Crippen molar-refractivity contribution in [2.75, 3.05) is 12.4 Å². The first-order chi connectivity index (χ1) is 9.78. The van der Waals surface area contributed by atoms with Gasteiger partial charge in [0.05, 0.1) is 12.1 Å². The Morgan fingerprint density at radius 2 is 2.05 bits per heavy atom. The van der Waals surface area contributed by atoms with Gasteiger partial charge in [-0.05, 0) is 29.8 Å². The van der Waals surface area contributed by atoms with Crippen molar-refractivity contribution in [1.29, 1.82) is 0 Å². The van der Waals surface area contributed by atoms with E-state index < -0.39 is 0 Å². The summed E-state index contributed by atoms with van der Waals surface area (Å²) in [6.07, 6.45) is 2.03. The lowest BCUT2D eigenvalue weighted by atomic mass is 10.2. The molecule has 0 spiro atoms. The number of anilines is 1. The lowest BCUT2D eigenvalue weighted by molar-refractivity contribution is 0.415. The summed E-state index contributed by atoms with van der Waals surface area (Å²) in [7, 11) is 1.61. The van der Waals surface area contributed by atoms with E-state index >= 15 is 0 Å². The molecule has 20 heavy (non-hydrogen) atoms.